The summed E-state index contributed by atoms with van der Waals surface area (Å²) in [6, 6.07) is 0. The first-order valence-corrected chi connectivity index (χ1v) is 6.31. The van der Waals surface area contributed by atoms with Crippen molar-refractivity contribution in [3.63, 3.8) is 0 Å². The van der Waals surface area contributed by atoms with E-state index in [1.807, 2.05) is 0 Å². The van der Waals surface area contributed by atoms with Crippen LogP contribution in [0.2, 0.25) is 0 Å². The van der Waals surface area contributed by atoms with Crippen molar-refractivity contribution in [2.24, 2.45) is 17.1 Å². The van der Waals surface area contributed by atoms with Crippen molar-refractivity contribution in [1.82, 2.24) is 0 Å². The van der Waals surface area contributed by atoms with Crippen molar-refractivity contribution in [1.29, 1.82) is 0 Å². The smallest absolute Gasteiger partial charge is 0.0187 e. The number of rotatable bonds is 1. The molecule has 14 heavy (non-hydrogen) atoms. The molecular formula is C13H25N. The molecule has 0 heterocycles. The monoisotopic (exact) mass is 195 g/mol. The molecule has 2 aliphatic rings. The third-order valence-corrected chi connectivity index (χ3v) is 4.47. The average molecular weight is 195 g/mol. The van der Waals surface area contributed by atoms with Gasteiger partial charge >= 0.3 is 0 Å². The summed E-state index contributed by atoms with van der Waals surface area (Å²) in [6.07, 6.45) is 10.9. The van der Waals surface area contributed by atoms with Gasteiger partial charge in [-0.1, -0.05) is 33.1 Å². The van der Waals surface area contributed by atoms with E-state index < -0.39 is 0 Å². The highest BCUT2D eigenvalue weighted by Crippen LogP contribution is 2.47. The fourth-order valence-corrected chi connectivity index (χ4v) is 3.81. The highest BCUT2D eigenvalue weighted by Gasteiger charge is 2.42. The number of hydrogen-bond acceptors (Lipinski definition) is 1. The van der Waals surface area contributed by atoms with E-state index in [1.54, 1.807) is 0 Å². The van der Waals surface area contributed by atoms with Gasteiger partial charge in [-0.25, -0.2) is 0 Å². The van der Waals surface area contributed by atoms with Gasteiger partial charge in [-0.15, -0.1) is 0 Å². The Kier molecular flexibility index (Phi) is 2.63. The lowest BCUT2D eigenvalue weighted by Crippen LogP contribution is -2.51. The zero-order valence-corrected chi connectivity index (χ0v) is 9.81. The summed E-state index contributed by atoms with van der Waals surface area (Å²) >= 11 is 0. The van der Waals surface area contributed by atoms with Crippen molar-refractivity contribution >= 4 is 0 Å². The van der Waals surface area contributed by atoms with Crippen LogP contribution in [0.5, 0.6) is 0 Å². The Morgan fingerprint density at radius 1 is 1.00 bits per heavy atom. The molecule has 1 atom stereocenters. The van der Waals surface area contributed by atoms with E-state index in [0.717, 1.165) is 5.92 Å². The van der Waals surface area contributed by atoms with Crippen molar-refractivity contribution < 1.29 is 0 Å². The molecule has 0 aliphatic heterocycles. The van der Waals surface area contributed by atoms with Crippen LogP contribution in [-0.4, -0.2) is 5.54 Å². The van der Waals surface area contributed by atoms with Crippen molar-refractivity contribution in [2.75, 3.05) is 0 Å². The first-order chi connectivity index (χ1) is 6.52. The van der Waals surface area contributed by atoms with E-state index in [1.165, 1.54) is 51.4 Å². The summed E-state index contributed by atoms with van der Waals surface area (Å²) in [4.78, 5) is 0. The maximum Gasteiger partial charge on any atom is 0.0187 e. The molecule has 0 aromatic rings. The molecular weight excluding hydrogens is 170 g/mol. The summed E-state index contributed by atoms with van der Waals surface area (Å²) in [5.74, 6) is 0.835. The highest BCUT2D eigenvalue weighted by molar-refractivity contribution is 4.99. The SMILES string of the molecule is CC1(C)CCCC(N)(C2CCCC2)C1. The molecule has 2 N–H and O–H groups in total. The predicted octanol–water partition coefficient (Wildman–Crippen LogP) is 3.47. The molecule has 1 unspecified atom stereocenters. The maximum absolute atomic E-state index is 6.64. The standard InChI is InChI=1S/C13H25N/c1-12(2)8-5-9-13(14,10-12)11-6-3-4-7-11/h11H,3-10,14H2,1-2H3. The van der Waals surface area contributed by atoms with Crippen LogP contribution < -0.4 is 5.73 Å². The normalized spacial score (nSPS) is 38.8. The quantitative estimate of drug-likeness (QED) is 0.681. The molecule has 0 saturated heterocycles. The minimum absolute atomic E-state index is 0.193. The van der Waals surface area contributed by atoms with Crippen LogP contribution in [0, 0.1) is 11.3 Å². The first-order valence-electron chi connectivity index (χ1n) is 6.31. The fraction of sp³-hybridized carbons (Fsp3) is 1.00. The van der Waals surface area contributed by atoms with Crippen molar-refractivity contribution in [2.45, 2.75) is 70.8 Å². The Balaban J connectivity index is 2.06. The first kappa shape index (κ1) is 10.5. The van der Waals surface area contributed by atoms with Crippen LogP contribution in [0.1, 0.15) is 65.2 Å². The van der Waals surface area contributed by atoms with E-state index in [2.05, 4.69) is 13.8 Å². The number of hydrogen-bond donors (Lipinski definition) is 1. The summed E-state index contributed by atoms with van der Waals surface area (Å²) in [5, 5.41) is 0. The fourth-order valence-electron chi connectivity index (χ4n) is 3.81. The molecule has 0 spiro atoms. The lowest BCUT2D eigenvalue weighted by Gasteiger charge is -2.46. The minimum atomic E-state index is 0.193. The molecule has 0 amide bonds. The molecule has 0 radical (unpaired) electrons. The lowest BCUT2D eigenvalue weighted by atomic mass is 9.63. The molecule has 82 valence electrons. The van der Waals surface area contributed by atoms with E-state index in [-0.39, 0.29) is 5.54 Å². The molecule has 1 nitrogen and oxygen atoms in total. The molecule has 0 aromatic carbocycles. The van der Waals surface area contributed by atoms with Gasteiger partial charge in [-0.2, -0.15) is 0 Å². The second kappa shape index (κ2) is 3.52. The van der Waals surface area contributed by atoms with Crippen LogP contribution >= 0.6 is 0 Å². The van der Waals surface area contributed by atoms with Crippen LogP contribution in [-0.2, 0) is 0 Å². The average Bonchev–Trinajstić information content (AvgIpc) is 2.52. The molecule has 0 aromatic heterocycles. The minimum Gasteiger partial charge on any atom is -0.325 e. The van der Waals surface area contributed by atoms with Crippen LogP contribution in [0.25, 0.3) is 0 Å². The third-order valence-electron chi connectivity index (χ3n) is 4.47. The Bertz CT molecular complexity index is 203. The predicted molar refractivity (Wildman–Crippen MR) is 61.1 cm³/mol. The second-order valence-electron chi connectivity index (χ2n) is 6.41. The van der Waals surface area contributed by atoms with Crippen molar-refractivity contribution in [3.05, 3.63) is 0 Å². The topological polar surface area (TPSA) is 26.0 Å². The summed E-state index contributed by atoms with van der Waals surface area (Å²) in [6.45, 7) is 4.78. The van der Waals surface area contributed by atoms with Gasteiger partial charge in [-0.3, -0.25) is 0 Å². The molecule has 2 aliphatic carbocycles. The van der Waals surface area contributed by atoms with Gasteiger partial charge < -0.3 is 5.73 Å². The summed E-state index contributed by atoms with van der Waals surface area (Å²) in [7, 11) is 0. The van der Waals surface area contributed by atoms with Gasteiger partial charge in [0.15, 0.2) is 0 Å². The van der Waals surface area contributed by atoms with E-state index in [9.17, 15) is 0 Å². The van der Waals surface area contributed by atoms with E-state index >= 15 is 0 Å². The zero-order chi connectivity index (χ0) is 10.2. The van der Waals surface area contributed by atoms with Crippen LogP contribution in [0.15, 0.2) is 0 Å². The van der Waals surface area contributed by atoms with Gasteiger partial charge in [0.05, 0.1) is 0 Å². The van der Waals surface area contributed by atoms with Gasteiger partial charge in [-0.05, 0) is 43.4 Å². The molecule has 2 saturated carbocycles. The molecule has 0 bridgehead atoms. The van der Waals surface area contributed by atoms with Crippen LogP contribution in [0.3, 0.4) is 0 Å². The Morgan fingerprint density at radius 2 is 1.64 bits per heavy atom. The Hall–Kier alpha value is -0.0400. The summed E-state index contributed by atoms with van der Waals surface area (Å²) < 4.78 is 0. The van der Waals surface area contributed by atoms with Gasteiger partial charge in [0.25, 0.3) is 0 Å². The lowest BCUT2D eigenvalue weighted by molar-refractivity contribution is 0.103. The largest absolute Gasteiger partial charge is 0.325 e. The molecule has 2 rings (SSSR count). The van der Waals surface area contributed by atoms with E-state index in [0.29, 0.717) is 5.41 Å². The maximum atomic E-state index is 6.64. The van der Waals surface area contributed by atoms with Crippen molar-refractivity contribution in [3.8, 4) is 0 Å². The number of nitrogens with two attached hydrogens (primary N) is 1. The third kappa shape index (κ3) is 1.98. The van der Waals surface area contributed by atoms with Gasteiger partial charge in [0.2, 0.25) is 0 Å². The summed E-state index contributed by atoms with van der Waals surface area (Å²) in [5.41, 5.74) is 7.33. The second-order valence-corrected chi connectivity index (χ2v) is 6.41. The molecule has 1 heteroatoms. The highest BCUT2D eigenvalue weighted by atomic mass is 14.8. The van der Waals surface area contributed by atoms with Gasteiger partial charge in [0.1, 0.15) is 0 Å². The Labute approximate surface area is 88.4 Å². The van der Waals surface area contributed by atoms with Gasteiger partial charge in [0, 0.05) is 5.54 Å². The molecule has 2 fully saturated rings. The van der Waals surface area contributed by atoms with Crippen LogP contribution in [0.4, 0.5) is 0 Å². The van der Waals surface area contributed by atoms with E-state index in [4.69, 9.17) is 5.73 Å². The zero-order valence-electron chi connectivity index (χ0n) is 9.81. The Morgan fingerprint density at radius 3 is 2.21 bits per heavy atom.